The van der Waals surface area contributed by atoms with Crippen molar-refractivity contribution in [3.63, 3.8) is 0 Å². The second kappa shape index (κ2) is 16.1. The largest absolute Gasteiger partial charge is 0.460 e. The molecule has 302 valence electrons. The highest BCUT2D eigenvalue weighted by molar-refractivity contribution is 6.42. The number of piperidine rings is 1. The van der Waals surface area contributed by atoms with Crippen LogP contribution in [0.15, 0.2) is 60.7 Å². The molecule has 1 amide bonds. The highest BCUT2D eigenvalue weighted by Crippen LogP contribution is 2.48. The molecule has 3 aromatic rings. The standard InChI is InChI=1S/C40H41Cl2F6N3O5/c41-32-6-5-28(23-33(32)42)38(25-51(15-18-55-38)36(53)27-19-29(39(43,44)45)22-30(20-27)40(46,47)48)9-12-49-10-7-37(8-11-49)31-4-2-1-3-26(31)21-34(37)56-35(52)24-50-13-16-54-17-14-50/h1-6,19-20,22-23,34H,7-18,21,24-25H2. The van der Waals surface area contributed by atoms with Crippen LogP contribution in [-0.2, 0) is 48.8 Å². The van der Waals surface area contributed by atoms with Crippen molar-refractivity contribution < 1.29 is 50.1 Å². The first kappa shape index (κ1) is 40.8. The van der Waals surface area contributed by atoms with Gasteiger partial charge in [-0.05, 0) is 79.4 Å². The Morgan fingerprint density at radius 2 is 1.48 bits per heavy atom. The third-order valence-corrected chi connectivity index (χ3v) is 12.4. The Morgan fingerprint density at radius 1 is 0.804 bits per heavy atom. The van der Waals surface area contributed by atoms with Gasteiger partial charge in [0, 0.05) is 43.6 Å². The summed E-state index contributed by atoms with van der Waals surface area (Å²) < 4.78 is 100. The number of alkyl halides is 6. The first-order chi connectivity index (χ1) is 26.6. The summed E-state index contributed by atoms with van der Waals surface area (Å²) in [5.41, 5.74) is -2.55. The quantitative estimate of drug-likeness (QED) is 0.171. The number of likely N-dealkylation sites (tertiary alicyclic amines) is 1. The molecular weight excluding hydrogens is 787 g/mol. The van der Waals surface area contributed by atoms with Gasteiger partial charge in [0.25, 0.3) is 5.91 Å². The number of rotatable bonds is 8. The molecule has 2 atom stereocenters. The summed E-state index contributed by atoms with van der Waals surface area (Å²) in [6, 6.07) is 14.0. The summed E-state index contributed by atoms with van der Waals surface area (Å²) in [4.78, 5) is 32.5. The smallest absolute Gasteiger partial charge is 0.416 e. The fourth-order valence-electron chi connectivity index (χ4n) is 8.62. The highest BCUT2D eigenvalue weighted by atomic mass is 35.5. The predicted octanol–water partition coefficient (Wildman–Crippen LogP) is 7.62. The van der Waals surface area contributed by atoms with Crippen LogP contribution in [-0.4, -0.2) is 105 Å². The maximum absolute atomic E-state index is 13.8. The second-order valence-corrected chi connectivity index (χ2v) is 15.8. The lowest BCUT2D eigenvalue weighted by atomic mass is 9.72. The molecule has 3 heterocycles. The Kier molecular flexibility index (Phi) is 11.7. The van der Waals surface area contributed by atoms with Crippen molar-refractivity contribution >= 4 is 35.1 Å². The van der Waals surface area contributed by atoms with Gasteiger partial charge in [0.05, 0.1) is 54.1 Å². The lowest BCUT2D eigenvalue weighted by Gasteiger charge is -2.46. The summed E-state index contributed by atoms with van der Waals surface area (Å²) in [7, 11) is 0. The maximum Gasteiger partial charge on any atom is 0.416 e. The fraction of sp³-hybridized carbons (Fsp3) is 0.500. The molecule has 2 unspecified atom stereocenters. The molecule has 3 fully saturated rings. The van der Waals surface area contributed by atoms with Crippen LogP contribution < -0.4 is 0 Å². The van der Waals surface area contributed by atoms with Gasteiger partial charge in [-0.15, -0.1) is 0 Å². The third kappa shape index (κ3) is 8.56. The number of benzene rings is 3. The van der Waals surface area contributed by atoms with Gasteiger partial charge < -0.3 is 24.0 Å². The zero-order valence-corrected chi connectivity index (χ0v) is 31.9. The molecule has 0 radical (unpaired) electrons. The van der Waals surface area contributed by atoms with Crippen molar-refractivity contribution in [2.75, 3.05) is 72.2 Å². The number of carbonyl (C=O) groups excluding carboxylic acids is 2. The maximum atomic E-state index is 13.8. The topological polar surface area (TPSA) is 71.6 Å². The average molecular weight is 829 g/mol. The van der Waals surface area contributed by atoms with Gasteiger partial charge >= 0.3 is 18.3 Å². The number of nitrogens with zero attached hydrogens (tertiary/aromatic N) is 3. The van der Waals surface area contributed by atoms with Gasteiger partial charge in [0.1, 0.15) is 11.7 Å². The van der Waals surface area contributed by atoms with E-state index in [-0.39, 0.29) is 59.8 Å². The van der Waals surface area contributed by atoms with Crippen molar-refractivity contribution in [1.29, 1.82) is 0 Å². The Hall–Kier alpha value is -3.40. The molecule has 1 spiro atoms. The van der Waals surface area contributed by atoms with Crippen LogP contribution in [0.3, 0.4) is 0 Å². The average Bonchev–Trinajstić information content (AvgIpc) is 3.46. The number of amides is 1. The van der Waals surface area contributed by atoms with Gasteiger partial charge in [-0.2, -0.15) is 26.3 Å². The molecule has 7 rings (SSSR count). The van der Waals surface area contributed by atoms with Crippen LogP contribution in [0.2, 0.25) is 10.0 Å². The third-order valence-electron chi connectivity index (χ3n) is 11.6. The summed E-state index contributed by atoms with van der Waals surface area (Å²) in [6.45, 7) is 4.22. The van der Waals surface area contributed by atoms with Crippen LogP contribution in [0.25, 0.3) is 0 Å². The molecule has 16 heteroatoms. The van der Waals surface area contributed by atoms with Crippen molar-refractivity contribution in [2.45, 2.75) is 55.2 Å². The molecule has 0 N–H and O–H groups in total. The SMILES string of the molecule is O=C(CN1CCOCC1)OC1Cc2ccccc2C12CCN(CCC1(c3ccc(Cl)c(Cl)c3)CN(C(=O)c3cc(C(F)(F)F)cc(C(F)(F)F)c3)CCO1)CC2. The van der Waals surface area contributed by atoms with E-state index in [1.807, 2.05) is 17.0 Å². The molecule has 8 nitrogen and oxygen atoms in total. The van der Waals surface area contributed by atoms with Crippen LogP contribution in [0.4, 0.5) is 26.3 Å². The lowest BCUT2D eigenvalue weighted by molar-refractivity contribution is -0.156. The van der Waals surface area contributed by atoms with E-state index in [0.717, 1.165) is 5.56 Å². The summed E-state index contributed by atoms with van der Waals surface area (Å²) in [6.07, 6.45) is -8.18. The second-order valence-electron chi connectivity index (χ2n) is 15.0. The van der Waals surface area contributed by atoms with E-state index in [9.17, 15) is 35.9 Å². The lowest BCUT2D eigenvalue weighted by Crippen LogP contribution is -2.54. The number of carbonyl (C=O) groups is 2. The van der Waals surface area contributed by atoms with Gasteiger partial charge in [-0.3, -0.25) is 14.5 Å². The molecule has 4 aliphatic rings. The summed E-state index contributed by atoms with van der Waals surface area (Å²) in [5.74, 6) is -1.24. The first-order valence-corrected chi connectivity index (χ1v) is 19.3. The van der Waals surface area contributed by atoms with E-state index in [2.05, 4.69) is 17.0 Å². The van der Waals surface area contributed by atoms with Crippen LogP contribution >= 0.6 is 23.2 Å². The number of hydrogen-bond donors (Lipinski definition) is 0. The van der Waals surface area contributed by atoms with E-state index in [1.54, 1.807) is 18.2 Å². The van der Waals surface area contributed by atoms with E-state index in [4.69, 9.17) is 37.4 Å². The van der Waals surface area contributed by atoms with Gasteiger partial charge in [-0.25, -0.2) is 0 Å². The molecule has 0 aromatic heterocycles. The molecule has 3 aromatic carbocycles. The van der Waals surface area contributed by atoms with Crippen molar-refractivity contribution in [3.05, 3.63) is 104 Å². The normalized spacial score (nSPS) is 23.3. The fourth-order valence-corrected chi connectivity index (χ4v) is 8.92. The monoisotopic (exact) mass is 827 g/mol. The molecule has 3 aliphatic heterocycles. The Bertz CT molecular complexity index is 1900. The Balaban J connectivity index is 1.10. The zero-order chi connectivity index (χ0) is 39.9. The van der Waals surface area contributed by atoms with Crippen molar-refractivity contribution in [1.82, 2.24) is 14.7 Å². The van der Waals surface area contributed by atoms with Crippen molar-refractivity contribution in [2.24, 2.45) is 0 Å². The molecule has 1 aliphatic carbocycles. The van der Waals surface area contributed by atoms with E-state index in [1.165, 1.54) is 10.5 Å². The number of ether oxygens (including phenoxy) is 3. The number of halogens is 8. The molecular formula is C40H41Cl2F6N3O5. The minimum atomic E-state index is -5.11. The molecule has 3 saturated heterocycles. The Labute approximate surface area is 330 Å². The van der Waals surface area contributed by atoms with Gasteiger partial charge in [0.2, 0.25) is 0 Å². The number of esters is 1. The van der Waals surface area contributed by atoms with Crippen LogP contribution in [0.5, 0.6) is 0 Å². The molecule has 0 bridgehead atoms. The van der Waals surface area contributed by atoms with Gasteiger partial charge in [-0.1, -0.05) is 53.5 Å². The first-order valence-electron chi connectivity index (χ1n) is 18.5. The summed E-state index contributed by atoms with van der Waals surface area (Å²) >= 11 is 12.7. The van der Waals surface area contributed by atoms with Crippen LogP contribution in [0.1, 0.15) is 57.4 Å². The minimum absolute atomic E-state index is 0.000699. The summed E-state index contributed by atoms with van der Waals surface area (Å²) in [5, 5.41) is 0.494. The zero-order valence-electron chi connectivity index (χ0n) is 30.4. The van der Waals surface area contributed by atoms with Crippen LogP contribution in [0, 0.1) is 0 Å². The number of hydrogen-bond acceptors (Lipinski definition) is 7. The van der Waals surface area contributed by atoms with E-state index < -0.39 is 40.6 Å². The highest BCUT2D eigenvalue weighted by Gasteiger charge is 2.51. The van der Waals surface area contributed by atoms with E-state index in [0.29, 0.717) is 89.3 Å². The molecule has 56 heavy (non-hydrogen) atoms. The van der Waals surface area contributed by atoms with Crippen molar-refractivity contribution in [3.8, 4) is 0 Å². The minimum Gasteiger partial charge on any atom is -0.460 e. The van der Waals surface area contributed by atoms with E-state index >= 15 is 0 Å². The number of morpholine rings is 2. The predicted molar refractivity (Wildman–Crippen MR) is 196 cm³/mol. The molecule has 0 saturated carbocycles. The van der Waals surface area contributed by atoms with Gasteiger partial charge in [0.15, 0.2) is 0 Å². The number of fused-ring (bicyclic) bond motifs is 2. The Morgan fingerprint density at radius 3 is 2.14 bits per heavy atom.